The number of hydrogen-bond donors (Lipinski definition) is 2. The molecule has 2 heteroatoms. The summed E-state index contributed by atoms with van der Waals surface area (Å²) < 4.78 is 0. The van der Waals surface area contributed by atoms with E-state index in [4.69, 9.17) is 0 Å². The van der Waals surface area contributed by atoms with Gasteiger partial charge in [-0.1, -0.05) is 6.92 Å². The third-order valence-corrected chi connectivity index (χ3v) is 3.12. The molecule has 1 saturated carbocycles. The first-order valence-electron chi connectivity index (χ1n) is 4.81. The van der Waals surface area contributed by atoms with Gasteiger partial charge in [-0.15, -0.1) is 0 Å². The SMILES string of the molecule is CC1CC(C(C)(C)O)CCC1O. The van der Waals surface area contributed by atoms with Gasteiger partial charge in [0, 0.05) is 0 Å². The van der Waals surface area contributed by atoms with E-state index >= 15 is 0 Å². The zero-order valence-corrected chi connectivity index (χ0v) is 8.25. The molecule has 0 amide bonds. The highest BCUT2D eigenvalue weighted by Gasteiger charge is 2.34. The third-order valence-electron chi connectivity index (χ3n) is 3.12. The molecule has 0 aromatic carbocycles. The lowest BCUT2D eigenvalue weighted by Gasteiger charge is -2.37. The number of aliphatic hydroxyl groups excluding tert-OH is 1. The highest BCUT2D eigenvalue weighted by molar-refractivity contribution is 4.85. The van der Waals surface area contributed by atoms with Crippen LogP contribution in [0.5, 0.6) is 0 Å². The summed E-state index contributed by atoms with van der Waals surface area (Å²) in [5.74, 6) is 0.700. The Balaban J connectivity index is 2.51. The van der Waals surface area contributed by atoms with Crippen molar-refractivity contribution in [1.82, 2.24) is 0 Å². The fraction of sp³-hybridized carbons (Fsp3) is 1.00. The van der Waals surface area contributed by atoms with Crippen molar-refractivity contribution < 1.29 is 10.2 Å². The Kier molecular flexibility index (Phi) is 2.79. The topological polar surface area (TPSA) is 40.5 Å². The van der Waals surface area contributed by atoms with Gasteiger partial charge in [0.05, 0.1) is 11.7 Å². The van der Waals surface area contributed by atoms with Crippen LogP contribution in [0.15, 0.2) is 0 Å². The van der Waals surface area contributed by atoms with Gasteiger partial charge < -0.3 is 10.2 Å². The molecule has 0 aliphatic heterocycles. The Hall–Kier alpha value is -0.0800. The quantitative estimate of drug-likeness (QED) is 0.630. The minimum Gasteiger partial charge on any atom is -0.393 e. The van der Waals surface area contributed by atoms with Crippen LogP contribution < -0.4 is 0 Å². The maximum Gasteiger partial charge on any atom is 0.0619 e. The monoisotopic (exact) mass is 172 g/mol. The molecule has 1 aliphatic rings. The molecule has 3 atom stereocenters. The number of hydrogen-bond acceptors (Lipinski definition) is 2. The van der Waals surface area contributed by atoms with Crippen molar-refractivity contribution >= 4 is 0 Å². The van der Waals surface area contributed by atoms with Gasteiger partial charge in [0.2, 0.25) is 0 Å². The Morgan fingerprint density at radius 2 is 1.83 bits per heavy atom. The van der Waals surface area contributed by atoms with E-state index < -0.39 is 5.60 Å². The van der Waals surface area contributed by atoms with Crippen molar-refractivity contribution in [3.8, 4) is 0 Å². The van der Waals surface area contributed by atoms with Gasteiger partial charge >= 0.3 is 0 Å². The lowest BCUT2D eigenvalue weighted by molar-refractivity contribution is -0.0383. The fourth-order valence-electron chi connectivity index (χ4n) is 2.02. The minimum absolute atomic E-state index is 0.149. The molecule has 3 unspecified atom stereocenters. The molecule has 0 heterocycles. The molecule has 0 aromatic heterocycles. The van der Waals surface area contributed by atoms with Crippen molar-refractivity contribution in [2.75, 3.05) is 0 Å². The van der Waals surface area contributed by atoms with E-state index in [1.165, 1.54) is 0 Å². The van der Waals surface area contributed by atoms with Gasteiger partial charge in [-0.2, -0.15) is 0 Å². The minimum atomic E-state index is -0.575. The lowest BCUT2D eigenvalue weighted by Crippen LogP contribution is -2.38. The molecule has 0 spiro atoms. The predicted octanol–water partition coefficient (Wildman–Crippen LogP) is 1.55. The highest BCUT2D eigenvalue weighted by Crippen LogP contribution is 2.35. The molecule has 1 fully saturated rings. The maximum absolute atomic E-state index is 9.76. The van der Waals surface area contributed by atoms with E-state index in [0.29, 0.717) is 11.8 Å². The number of rotatable bonds is 1. The second-order valence-corrected chi connectivity index (χ2v) is 4.71. The lowest BCUT2D eigenvalue weighted by atomic mass is 9.73. The van der Waals surface area contributed by atoms with Crippen LogP contribution in [0, 0.1) is 11.8 Å². The molecular formula is C10H20O2. The van der Waals surface area contributed by atoms with E-state index in [9.17, 15) is 10.2 Å². The molecule has 2 nitrogen and oxygen atoms in total. The summed E-state index contributed by atoms with van der Waals surface area (Å²) in [6, 6.07) is 0. The van der Waals surface area contributed by atoms with Crippen LogP contribution in [0.3, 0.4) is 0 Å². The van der Waals surface area contributed by atoms with Crippen LogP contribution in [-0.2, 0) is 0 Å². The van der Waals surface area contributed by atoms with Crippen molar-refractivity contribution in [2.24, 2.45) is 11.8 Å². The van der Waals surface area contributed by atoms with Crippen LogP contribution >= 0.6 is 0 Å². The van der Waals surface area contributed by atoms with Crippen molar-refractivity contribution in [3.63, 3.8) is 0 Å². The summed E-state index contributed by atoms with van der Waals surface area (Å²) >= 11 is 0. The van der Waals surface area contributed by atoms with Gasteiger partial charge in [-0.05, 0) is 44.9 Å². The van der Waals surface area contributed by atoms with E-state index in [0.717, 1.165) is 19.3 Å². The maximum atomic E-state index is 9.76. The molecule has 0 radical (unpaired) electrons. The van der Waals surface area contributed by atoms with Crippen LogP contribution in [0.4, 0.5) is 0 Å². The van der Waals surface area contributed by atoms with Crippen molar-refractivity contribution in [2.45, 2.75) is 51.7 Å². The second kappa shape index (κ2) is 3.35. The van der Waals surface area contributed by atoms with Gasteiger partial charge in [0.25, 0.3) is 0 Å². The largest absolute Gasteiger partial charge is 0.393 e. The first kappa shape index (κ1) is 10.0. The van der Waals surface area contributed by atoms with Crippen LogP contribution in [-0.4, -0.2) is 21.9 Å². The Morgan fingerprint density at radius 1 is 1.25 bits per heavy atom. The Bertz CT molecular complexity index is 148. The Labute approximate surface area is 74.6 Å². The molecule has 0 aromatic rings. The third kappa shape index (κ3) is 2.20. The average Bonchev–Trinajstić information content (AvgIpc) is 1.92. The second-order valence-electron chi connectivity index (χ2n) is 4.71. The number of aliphatic hydroxyl groups is 2. The van der Waals surface area contributed by atoms with Crippen LogP contribution in [0.1, 0.15) is 40.0 Å². The highest BCUT2D eigenvalue weighted by atomic mass is 16.3. The molecule has 12 heavy (non-hydrogen) atoms. The van der Waals surface area contributed by atoms with E-state index in [1.54, 1.807) is 0 Å². The zero-order chi connectivity index (χ0) is 9.35. The predicted molar refractivity (Wildman–Crippen MR) is 48.8 cm³/mol. The summed E-state index contributed by atoms with van der Waals surface area (Å²) in [5, 5.41) is 19.2. The molecule has 1 aliphatic carbocycles. The summed E-state index contributed by atoms with van der Waals surface area (Å²) in [6.07, 6.45) is 2.60. The van der Waals surface area contributed by atoms with E-state index in [2.05, 4.69) is 6.92 Å². The molecule has 0 saturated heterocycles. The molecular weight excluding hydrogens is 152 g/mol. The smallest absolute Gasteiger partial charge is 0.0619 e. The van der Waals surface area contributed by atoms with Crippen LogP contribution in [0.2, 0.25) is 0 Å². The average molecular weight is 172 g/mol. The van der Waals surface area contributed by atoms with E-state index in [-0.39, 0.29) is 6.10 Å². The Morgan fingerprint density at radius 3 is 2.25 bits per heavy atom. The normalized spacial score (nSPS) is 38.2. The molecule has 72 valence electrons. The standard InChI is InChI=1S/C10H20O2/c1-7-6-8(10(2,3)12)4-5-9(7)11/h7-9,11-12H,4-6H2,1-3H3. The fourth-order valence-corrected chi connectivity index (χ4v) is 2.02. The molecule has 2 N–H and O–H groups in total. The van der Waals surface area contributed by atoms with Crippen molar-refractivity contribution in [1.29, 1.82) is 0 Å². The van der Waals surface area contributed by atoms with Gasteiger partial charge in [0.1, 0.15) is 0 Å². The summed E-state index contributed by atoms with van der Waals surface area (Å²) in [7, 11) is 0. The zero-order valence-electron chi connectivity index (χ0n) is 8.25. The van der Waals surface area contributed by atoms with Gasteiger partial charge in [0.15, 0.2) is 0 Å². The summed E-state index contributed by atoms with van der Waals surface area (Å²) in [6.45, 7) is 5.78. The summed E-state index contributed by atoms with van der Waals surface area (Å²) in [5.41, 5.74) is -0.575. The summed E-state index contributed by atoms with van der Waals surface area (Å²) in [4.78, 5) is 0. The molecule has 0 bridgehead atoms. The van der Waals surface area contributed by atoms with Crippen molar-refractivity contribution in [3.05, 3.63) is 0 Å². The first-order valence-corrected chi connectivity index (χ1v) is 4.81. The molecule has 1 rings (SSSR count). The van der Waals surface area contributed by atoms with E-state index in [1.807, 2.05) is 13.8 Å². The van der Waals surface area contributed by atoms with Gasteiger partial charge in [-0.3, -0.25) is 0 Å². The van der Waals surface area contributed by atoms with Gasteiger partial charge in [-0.25, -0.2) is 0 Å². The van der Waals surface area contributed by atoms with Crippen LogP contribution in [0.25, 0.3) is 0 Å². The first-order chi connectivity index (χ1) is 5.41.